The van der Waals surface area contributed by atoms with Crippen LogP contribution >= 0.6 is 0 Å². The predicted molar refractivity (Wildman–Crippen MR) is 86.5 cm³/mol. The lowest BCUT2D eigenvalue weighted by atomic mass is 9.87. The van der Waals surface area contributed by atoms with Gasteiger partial charge in [-0.15, -0.1) is 0 Å². The van der Waals surface area contributed by atoms with E-state index in [9.17, 15) is 9.59 Å². The molecule has 3 nitrogen and oxygen atoms in total. The lowest BCUT2D eigenvalue weighted by molar-refractivity contribution is 0.111. The standard InChI is InChI=1S/C19H18O3/c1-11-14-8-6-4-5-7-9-15(14)13(3)18-17(11)12(2)16(10-20)19(21)22-18/h10H,4-6,8H2,1-3H3. The van der Waals surface area contributed by atoms with Crippen molar-refractivity contribution in [1.29, 1.82) is 0 Å². The molecule has 0 aliphatic heterocycles. The van der Waals surface area contributed by atoms with E-state index >= 15 is 0 Å². The Hall–Kier alpha value is -2.34. The minimum atomic E-state index is -0.568. The number of benzene rings is 1. The monoisotopic (exact) mass is 294 g/mol. The molecular weight excluding hydrogens is 276 g/mol. The molecule has 0 saturated carbocycles. The second-order valence-electron chi connectivity index (χ2n) is 5.86. The van der Waals surface area contributed by atoms with E-state index < -0.39 is 5.63 Å². The maximum atomic E-state index is 12.0. The van der Waals surface area contributed by atoms with Gasteiger partial charge in [0.25, 0.3) is 0 Å². The minimum Gasteiger partial charge on any atom is -0.422 e. The first-order chi connectivity index (χ1) is 10.6. The average molecular weight is 294 g/mol. The molecule has 0 unspecified atom stereocenters. The Morgan fingerprint density at radius 2 is 1.86 bits per heavy atom. The zero-order chi connectivity index (χ0) is 15.9. The summed E-state index contributed by atoms with van der Waals surface area (Å²) in [6, 6.07) is 0. The van der Waals surface area contributed by atoms with E-state index in [-0.39, 0.29) is 5.56 Å². The highest BCUT2D eigenvalue weighted by Gasteiger charge is 2.20. The van der Waals surface area contributed by atoms with Crippen molar-refractivity contribution in [1.82, 2.24) is 0 Å². The fraction of sp³-hybridized carbons (Fsp3) is 0.368. The normalized spacial score (nSPS) is 13.8. The van der Waals surface area contributed by atoms with Crippen LogP contribution in [0, 0.1) is 32.6 Å². The molecule has 1 aliphatic carbocycles. The van der Waals surface area contributed by atoms with Gasteiger partial charge < -0.3 is 4.42 Å². The molecule has 112 valence electrons. The first kappa shape index (κ1) is 14.6. The Kier molecular flexibility index (Phi) is 3.62. The van der Waals surface area contributed by atoms with Crippen molar-refractivity contribution in [3.8, 4) is 11.8 Å². The van der Waals surface area contributed by atoms with Crippen LogP contribution in [0.15, 0.2) is 9.21 Å². The quantitative estimate of drug-likeness (QED) is 0.458. The summed E-state index contributed by atoms with van der Waals surface area (Å²) in [4.78, 5) is 23.2. The topological polar surface area (TPSA) is 47.3 Å². The maximum Gasteiger partial charge on any atom is 0.347 e. The first-order valence-electron chi connectivity index (χ1n) is 7.59. The van der Waals surface area contributed by atoms with Gasteiger partial charge in [0.05, 0.1) is 0 Å². The van der Waals surface area contributed by atoms with E-state index in [1.807, 2.05) is 20.8 Å². The molecule has 0 fully saturated rings. The lowest BCUT2D eigenvalue weighted by Crippen LogP contribution is -2.12. The molecule has 0 spiro atoms. The number of carbonyl (C=O) groups excluding carboxylic acids is 1. The van der Waals surface area contributed by atoms with Crippen LogP contribution in [0.2, 0.25) is 0 Å². The van der Waals surface area contributed by atoms with E-state index in [1.54, 1.807) is 0 Å². The smallest absolute Gasteiger partial charge is 0.347 e. The molecule has 3 heteroatoms. The number of fused-ring (bicyclic) bond motifs is 2. The van der Waals surface area contributed by atoms with Gasteiger partial charge in [-0.25, -0.2) is 4.79 Å². The number of aryl methyl sites for hydroxylation is 3. The van der Waals surface area contributed by atoms with Crippen LogP contribution in [0.1, 0.15) is 57.4 Å². The molecule has 0 atom stereocenters. The van der Waals surface area contributed by atoms with Crippen LogP contribution in [0.25, 0.3) is 11.0 Å². The van der Waals surface area contributed by atoms with Crippen molar-refractivity contribution in [2.24, 2.45) is 0 Å². The Morgan fingerprint density at radius 1 is 1.09 bits per heavy atom. The van der Waals surface area contributed by atoms with Crippen LogP contribution < -0.4 is 5.63 Å². The van der Waals surface area contributed by atoms with Crippen molar-refractivity contribution in [2.45, 2.75) is 46.5 Å². The molecule has 1 aromatic heterocycles. The Balaban J connectivity index is 2.53. The molecule has 0 N–H and O–H groups in total. The summed E-state index contributed by atoms with van der Waals surface area (Å²) in [7, 11) is 0. The predicted octanol–water partition coefficient (Wildman–Crippen LogP) is 3.61. The summed E-state index contributed by atoms with van der Waals surface area (Å²) in [6.45, 7) is 5.79. The van der Waals surface area contributed by atoms with Crippen LogP contribution in [0.3, 0.4) is 0 Å². The summed E-state index contributed by atoms with van der Waals surface area (Å²) in [5.74, 6) is 6.45. The van der Waals surface area contributed by atoms with E-state index in [1.165, 1.54) is 5.56 Å². The Bertz CT molecular complexity index is 905. The number of hydrogen-bond acceptors (Lipinski definition) is 3. The van der Waals surface area contributed by atoms with Gasteiger partial charge >= 0.3 is 5.63 Å². The van der Waals surface area contributed by atoms with Gasteiger partial charge in [0.2, 0.25) is 0 Å². The molecule has 1 aliphatic rings. The number of carbonyl (C=O) groups is 1. The Labute approximate surface area is 129 Å². The highest BCUT2D eigenvalue weighted by atomic mass is 16.4. The molecular formula is C19H18O3. The zero-order valence-corrected chi connectivity index (χ0v) is 13.1. The molecule has 0 amide bonds. The van der Waals surface area contributed by atoms with Crippen molar-refractivity contribution >= 4 is 17.3 Å². The molecule has 2 aromatic rings. The Morgan fingerprint density at radius 3 is 2.59 bits per heavy atom. The lowest BCUT2D eigenvalue weighted by Gasteiger charge is -2.17. The van der Waals surface area contributed by atoms with Crippen molar-refractivity contribution in [2.75, 3.05) is 0 Å². The van der Waals surface area contributed by atoms with Crippen LogP contribution in [-0.2, 0) is 6.42 Å². The van der Waals surface area contributed by atoms with E-state index in [4.69, 9.17) is 4.42 Å². The minimum absolute atomic E-state index is 0.117. The van der Waals surface area contributed by atoms with Crippen molar-refractivity contribution in [3.05, 3.63) is 43.8 Å². The SMILES string of the molecule is Cc1c2c(c(C)c3c(C)c(C=O)c(=O)oc13)CCCCC#C2. The highest BCUT2D eigenvalue weighted by molar-refractivity contribution is 5.94. The third-order valence-electron chi connectivity index (χ3n) is 4.58. The number of aldehydes is 1. The molecule has 1 heterocycles. The molecule has 22 heavy (non-hydrogen) atoms. The van der Waals surface area contributed by atoms with Gasteiger partial charge in [-0.3, -0.25) is 4.79 Å². The fourth-order valence-corrected chi connectivity index (χ4v) is 3.33. The second-order valence-corrected chi connectivity index (χ2v) is 5.86. The van der Waals surface area contributed by atoms with E-state index in [0.717, 1.165) is 47.8 Å². The van der Waals surface area contributed by atoms with Crippen LogP contribution in [0.4, 0.5) is 0 Å². The van der Waals surface area contributed by atoms with Gasteiger partial charge in [0.15, 0.2) is 6.29 Å². The molecule has 0 saturated heterocycles. The highest BCUT2D eigenvalue weighted by Crippen LogP contribution is 2.33. The third kappa shape index (κ3) is 2.07. The van der Waals surface area contributed by atoms with E-state index in [0.29, 0.717) is 17.4 Å². The van der Waals surface area contributed by atoms with Crippen molar-refractivity contribution in [3.63, 3.8) is 0 Å². The summed E-state index contributed by atoms with van der Waals surface area (Å²) in [6.07, 6.45) is 4.67. The summed E-state index contributed by atoms with van der Waals surface area (Å²) < 4.78 is 5.46. The second kappa shape index (κ2) is 5.46. The zero-order valence-electron chi connectivity index (χ0n) is 13.1. The molecule has 0 radical (unpaired) electrons. The van der Waals surface area contributed by atoms with E-state index in [2.05, 4.69) is 11.8 Å². The largest absolute Gasteiger partial charge is 0.422 e. The molecule has 0 bridgehead atoms. The summed E-state index contributed by atoms with van der Waals surface area (Å²) in [5.41, 5.74) is 5.03. The summed E-state index contributed by atoms with van der Waals surface area (Å²) >= 11 is 0. The molecule has 1 aromatic carbocycles. The van der Waals surface area contributed by atoms with Gasteiger partial charge in [0, 0.05) is 22.9 Å². The van der Waals surface area contributed by atoms with Crippen molar-refractivity contribution < 1.29 is 9.21 Å². The first-order valence-corrected chi connectivity index (χ1v) is 7.59. The third-order valence-corrected chi connectivity index (χ3v) is 4.58. The van der Waals surface area contributed by atoms with Crippen LogP contribution in [-0.4, -0.2) is 6.29 Å². The van der Waals surface area contributed by atoms with Gasteiger partial charge in [-0.05, 0) is 56.7 Å². The average Bonchev–Trinajstić information content (AvgIpc) is 2.44. The van der Waals surface area contributed by atoms with Gasteiger partial charge in [-0.2, -0.15) is 0 Å². The van der Waals surface area contributed by atoms with Crippen LogP contribution in [0.5, 0.6) is 0 Å². The maximum absolute atomic E-state index is 12.0. The number of rotatable bonds is 1. The van der Waals surface area contributed by atoms with Gasteiger partial charge in [0.1, 0.15) is 11.1 Å². The summed E-state index contributed by atoms with van der Waals surface area (Å²) in [5, 5.41) is 0.889. The molecule has 3 rings (SSSR count). The van der Waals surface area contributed by atoms with Gasteiger partial charge in [-0.1, -0.05) is 11.8 Å². The number of hydrogen-bond donors (Lipinski definition) is 0. The fourth-order valence-electron chi connectivity index (χ4n) is 3.33.